The van der Waals surface area contributed by atoms with Crippen LogP contribution in [-0.2, 0) is 6.54 Å². The predicted octanol–water partition coefficient (Wildman–Crippen LogP) is 0.874. The Kier molecular flexibility index (Phi) is 6.77. The summed E-state index contributed by atoms with van der Waals surface area (Å²) in [4.78, 5) is 6.39. The van der Waals surface area contributed by atoms with Gasteiger partial charge in [-0.05, 0) is 37.7 Å². The lowest BCUT2D eigenvalue weighted by molar-refractivity contribution is 0.213. The van der Waals surface area contributed by atoms with E-state index < -0.39 is 0 Å². The Bertz CT molecular complexity index is 292. The van der Waals surface area contributed by atoms with Crippen LogP contribution in [0.15, 0.2) is 24.5 Å². The number of likely N-dealkylation sites (N-methyl/N-ethyl adjacent to an activating group) is 2. The summed E-state index contributed by atoms with van der Waals surface area (Å²) in [6.07, 6.45) is 4.45. The Balaban J connectivity index is 2.48. The van der Waals surface area contributed by atoms with Crippen LogP contribution in [0.25, 0.3) is 0 Å². The van der Waals surface area contributed by atoms with Gasteiger partial charge in [0.15, 0.2) is 0 Å². The fourth-order valence-corrected chi connectivity index (χ4v) is 1.85. The molecule has 0 saturated heterocycles. The minimum absolute atomic E-state index is 0.234. The average Bonchev–Trinajstić information content (AvgIpc) is 2.38. The zero-order valence-electron chi connectivity index (χ0n) is 10.8. The van der Waals surface area contributed by atoms with Crippen molar-refractivity contribution in [2.24, 2.45) is 0 Å². The van der Waals surface area contributed by atoms with Crippen molar-refractivity contribution in [3.05, 3.63) is 30.1 Å². The third-order valence-electron chi connectivity index (χ3n) is 2.97. The Morgan fingerprint density at radius 3 is 2.65 bits per heavy atom. The maximum Gasteiger partial charge on any atom is 0.0446 e. The van der Waals surface area contributed by atoms with Gasteiger partial charge in [0.25, 0.3) is 0 Å². The summed E-state index contributed by atoms with van der Waals surface area (Å²) in [6.45, 7) is 5.29. The zero-order chi connectivity index (χ0) is 12.5. The van der Waals surface area contributed by atoms with Gasteiger partial charge in [0.1, 0.15) is 0 Å². The van der Waals surface area contributed by atoms with Gasteiger partial charge in [-0.15, -0.1) is 0 Å². The molecule has 0 aliphatic carbocycles. The van der Waals surface area contributed by atoms with Crippen LogP contribution in [0, 0.1) is 0 Å². The van der Waals surface area contributed by atoms with Gasteiger partial charge < -0.3 is 10.4 Å². The number of pyridine rings is 1. The van der Waals surface area contributed by atoms with Gasteiger partial charge in [-0.2, -0.15) is 0 Å². The second kappa shape index (κ2) is 8.17. The quantitative estimate of drug-likeness (QED) is 0.704. The van der Waals surface area contributed by atoms with E-state index >= 15 is 0 Å². The summed E-state index contributed by atoms with van der Waals surface area (Å²) in [7, 11) is 1.95. The molecule has 0 fully saturated rings. The smallest absolute Gasteiger partial charge is 0.0446 e. The Morgan fingerprint density at radius 2 is 2.12 bits per heavy atom. The number of rotatable bonds is 8. The van der Waals surface area contributed by atoms with E-state index in [1.807, 2.05) is 31.6 Å². The van der Waals surface area contributed by atoms with E-state index in [1.54, 1.807) is 0 Å². The van der Waals surface area contributed by atoms with Crippen LogP contribution in [0.4, 0.5) is 0 Å². The molecule has 0 bridgehead atoms. The van der Waals surface area contributed by atoms with Crippen molar-refractivity contribution in [3.8, 4) is 0 Å². The first-order valence-electron chi connectivity index (χ1n) is 6.19. The first-order chi connectivity index (χ1) is 8.30. The fraction of sp³-hybridized carbons (Fsp3) is 0.615. The van der Waals surface area contributed by atoms with E-state index in [0.29, 0.717) is 6.04 Å². The summed E-state index contributed by atoms with van der Waals surface area (Å²) in [6, 6.07) is 4.44. The molecule has 1 aromatic rings. The van der Waals surface area contributed by atoms with Crippen LogP contribution in [-0.4, -0.2) is 47.8 Å². The van der Waals surface area contributed by atoms with Crippen molar-refractivity contribution in [3.63, 3.8) is 0 Å². The number of nitrogens with zero attached hydrogens (tertiary/aromatic N) is 2. The van der Waals surface area contributed by atoms with Crippen molar-refractivity contribution in [2.75, 3.05) is 26.7 Å². The molecule has 1 heterocycles. The van der Waals surface area contributed by atoms with Crippen molar-refractivity contribution in [1.82, 2.24) is 15.2 Å². The molecule has 96 valence electrons. The minimum Gasteiger partial charge on any atom is -0.396 e. The van der Waals surface area contributed by atoms with E-state index in [4.69, 9.17) is 5.11 Å². The normalized spacial score (nSPS) is 12.9. The molecular formula is C13H23N3O. The molecule has 0 aliphatic heterocycles. The summed E-state index contributed by atoms with van der Waals surface area (Å²) in [5, 5.41) is 12.2. The molecule has 0 aliphatic rings. The third-order valence-corrected chi connectivity index (χ3v) is 2.97. The molecule has 0 aromatic carbocycles. The lowest BCUT2D eigenvalue weighted by Crippen LogP contribution is -2.39. The number of aliphatic hydroxyl groups excluding tert-OH is 1. The largest absolute Gasteiger partial charge is 0.396 e. The minimum atomic E-state index is 0.234. The van der Waals surface area contributed by atoms with E-state index in [-0.39, 0.29) is 6.61 Å². The Hall–Kier alpha value is -0.970. The third kappa shape index (κ3) is 5.26. The molecule has 4 nitrogen and oxygen atoms in total. The van der Waals surface area contributed by atoms with Crippen molar-refractivity contribution >= 4 is 0 Å². The number of aromatic nitrogens is 1. The molecule has 0 radical (unpaired) electrons. The molecule has 2 N–H and O–H groups in total. The highest BCUT2D eigenvalue weighted by molar-refractivity contribution is 5.09. The highest BCUT2D eigenvalue weighted by atomic mass is 16.3. The van der Waals surface area contributed by atoms with Gasteiger partial charge in [-0.1, -0.05) is 6.92 Å². The van der Waals surface area contributed by atoms with Gasteiger partial charge in [0.2, 0.25) is 0 Å². The maximum atomic E-state index is 8.98. The van der Waals surface area contributed by atoms with Gasteiger partial charge in [0, 0.05) is 38.1 Å². The van der Waals surface area contributed by atoms with Crippen LogP contribution in [0.1, 0.15) is 18.9 Å². The lowest BCUT2D eigenvalue weighted by atomic mass is 10.2. The summed E-state index contributed by atoms with van der Waals surface area (Å²) in [5.41, 5.74) is 1.28. The SMILES string of the molecule is CCN(Cc1ccncc1)CC(CCO)NC. The Morgan fingerprint density at radius 1 is 1.41 bits per heavy atom. The number of nitrogens with one attached hydrogen (secondary N) is 1. The molecular weight excluding hydrogens is 214 g/mol. The summed E-state index contributed by atoms with van der Waals surface area (Å²) >= 11 is 0. The summed E-state index contributed by atoms with van der Waals surface area (Å²) < 4.78 is 0. The topological polar surface area (TPSA) is 48.4 Å². The van der Waals surface area contributed by atoms with Crippen LogP contribution >= 0.6 is 0 Å². The molecule has 1 unspecified atom stereocenters. The van der Waals surface area contributed by atoms with Gasteiger partial charge >= 0.3 is 0 Å². The molecule has 0 saturated carbocycles. The van der Waals surface area contributed by atoms with E-state index in [0.717, 1.165) is 26.1 Å². The van der Waals surface area contributed by atoms with Gasteiger partial charge in [0.05, 0.1) is 0 Å². The highest BCUT2D eigenvalue weighted by Crippen LogP contribution is 2.05. The molecule has 1 aromatic heterocycles. The maximum absolute atomic E-state index is 8.98. The molecule has 1 atom stereocenters. The number of hydrogen-bond donors (Lipinski definition) is 2. The average molecular weight is 237 g/mol. The highest BCUT2D eigenvalue weighted by Gasteiger charge is 2.11. The number of hydrogen-bond acceptors (Lipinski definition) is 4. The van der Waals surface area contributed by atoms with Crippen LogP contribution in [0.3, 0.4) is 0 Å². The van der Waals surface area contributed by atoms with Crippen LogP contribution in [0.5, 0.6) is 0 Å². The first-order valence-corrected chi connectivity index (χ1v) is 6.19. The van der Waals surface area contributed by atoms with Crippen LogP contribution < -0.4 is 5.32 Å². The van der Waals surface area contributed by atoms with Gasteiger partial charge in [-0.25, -0.2) is 0 Å². The van der Waals surface area contributed by atoms with Crippen molar-refractivity contribution in [2.45, 2.75) is 25.9 Å². The molecule has 17 heavy (non-hydrogen) atoms. The zero-order valence-corrected chi connectivity index (χ0v) is 10.8. The monoisotopic (exact) mass is 237 g/mol. The van der Waals surface area contributed by atoms with Crippen molar-refractivity contribution in [1.29, 1.82) is 0 Å². The molecule has 0 amide bonds. The number of aliphatic hydroxyl groups is 1. The fourth-order valence-electron chi connectivity index (χ4n) is 1.85. The van der Waals surface area contributed by atoms with Crippen molar-refractivity contribution < 1.29 is 5.11 Å². The van der Waals surface area contributed by atoms with Crippen LogP contribution in [0.2, 0.25) is 0 Å². The van der Waals surface area contributed by atoms with E-state index in [2.05, 4.69) is 22.1 Å². The summed E-state index contributed by atoms with van der Waals surface area (Å²) in [5.74, 6) is 0. The van der Waals surface area contributed by atoms with E-state index in [9.17, 15) is 0 Å². The molecule has 1 rings (SSSR count). The second-order valence-corrected chi connectivity index (χ2v) is 4.18. The van der Waals surface area contributed by atoms with Gasteiger partial charge in [-0.3, -0.25) is 9.88 Å². The van der Waals surface area contributed by atoms with E-state index in [1.165, 1.54) is 5.56 Å². The molecule has 0 spiro atoms. The lowest BCUT2D eigenvalue weighted by Gasteiger charge is -2.26. The first kappa shape index (κ1) is 14.1. The molecule has 4 heteroatoms. The second-order valence-electron chi connectivity index (χ2n) is 4.18. The predicted molar refractivity (Wildman–Crippen MR) is 69.7 cm³/mol. The Labute approximate surface area is 104 Å². The standard InChI is InChI=1S/C13H23N3O/c1-3-16(11-13(14-2)6-9-17)10-12-4-7-15-8-5-12/h4-5,7-8,13-14,17H,3,6,9-11H2,1-2H3.